The number of aliphatic hydroxyl groups excluding tert-OH is 1. The number of aromatic nitrogens is 3. The molecule has 4 heterocycles. The Kier molecular flexibility index (Phi) is 4.00. The van der Waals surface area contributed by atoms with E-state index in [1.807, 2.05) is 6.92 Å². The third-order valence-corrected chi connectivity index (χ3v) is 5.52. The molecule has 152 valence electrons. The van der Waals surface area contributed by atoms with E-state index in [-0.39, 0.29) is 23.9 Å². The second kappa shape index (κ2) is 6.36. The number of rotatable bonds is 3. The van der Waals surface area contributed by atoms with Crippen LogP contribution >= 0.6 is 0 Å². The monoisotopic (exact) mass is 402 g/mol. The number of H-pyrrole nitrogens is 1. The molecule has 2 aliphatic rings. The standard InChI is InChI=1S/C19H19FN4O5/c1-19-14(11-6-7-12-16(26)22-18(21)23-24(11)12)27-13(8-25)15(19)28-17(29-19)9-2-4-10(20)5-3-9/h2-7,13-15,17,25H,8H2,1H3,(H3,21,22,23,26)/t13-,14+,15-,17?,19+/m1/s1. The Morgan fingerprint density at radius 1 is 1.28 bits per heavy atom. The summed E-state index contributed by atoms with van der Waals surface area (Å²) < 4.78 is 33.0. The summed E-state index contributed by atoms with van der Waals surface area (Å²) in [5, 5.41) is 14.0. The van der Waals surface area contributed by atoms with Crippen molar-refractivity contribution in [2.75, 3.05) is 12.3 Å². The van der Waals surface area contributed by atoms with Crippen molar-refractivity contribution in [1.82, 2.24) is 14.6 Å². The molecule has 0 bridgehead atoms. The number of fused-ring (bicyclic) bond motifs is 2. The van der Waals surface area contributed by atoms with E-state index in [0.29, 0.717) is 16.8 Å². The van der Waals surface area contributed by atoms with Crippen LogP contribution in [-0.2, 0) is 14.2 Å². The van der Waals surface area contributed by atoms with Gasteiger partial charge in [0.1, 0.15) is 35.2 Å². The van der Waals surface area contributed by atoms with Crippen LogP contribution in [0, 0.1) is 5.82 Å². The molecule has 0 aliphatic carbocycles. The predicted octanol–water partition coefficient (Wildman–Crippen LogP) is 1.05. The lowest BCUT2D eigenvalue weighted by Crippen LogP contribution is -2.40. The average Bonchev–Trinajstić information content (AvgIpc) is 3.32. The van der Waals surface area contributed by atoms with Gasteiger partial charge in [-0.05, 0) is 31.2 Å². The van der Waals surface area contributed by atoms with E-state index in [1.165, 1.54) is 16.6 Å². The van der Waals surface area contributed by atoms with Crippen LogP contribution in [0.15, 0.2) is 41.2 Å². The summed E-state index contributed by atoms with van der Waals surface area (Å²) in [7, 11) is 0. The number of nitrogen functional groups attached to an aromatic ring is 1. The molecule has 0 saturated carbocycles. The van der Waals surface area contributed by atoms with Gasteiger partial charge in [-0.2, -0.15) is 0 Å². The minimum atomic E-state index is -0.986. The van der Waals surface area contributed by atoms with Crippen LogP contribution in [0.25, 0.3) is 5.52 Å². The van der Waals surface area contributed by atoms with Gasteiger partial charge in [-0.15, -0.1) is 5.10 Å². The highest BCUT2D eigenvalue weighted by Gasteiger charge is 2.62. The molecule has 2 aliphatic heterocycles. The number of aromatic amines is 1. The molecule has 0 spiro atoms. The minimum absolute atomic E-state index is 0.0360. The van der Waals surface area contributed by atoms with E-state index in [0.717, 1.165) is 0 Å². The number of nitrogens with zero attached hydrogens (tertiary/aromatic N) is 2. The molecule has 5 atom stereocenters. The summed E-state index contributed by atoms with van der Waals surface area (Å²) >= 11 is 0. The summed E-state index contributed by atoms with van der Waals surface area (Å²) in [6, 6.07) is 9.15. The maximum absolute atomic E-state index is 13.3. The summed E-state index contributed by atoms with van der Waals surface area (Å²) in [4.78, 5) is 14.6. The van der Waals surface area contributed by atoms with Crippen molar-refractivity contribution in [3.63, 3.8) is 0 Å². The number of nitrogens with one attached hydrogen (secondary N) is 1. The van der Waals surface area contributed by atoms with Crippen LogP contribution in [0.5, 0.6) is 0 Å². The Hall–Kier alpha value is -2.79. The van der Waals surface area contributed by atoms with Gasteiger partial charge in [0, 0.05) is 5.56 Å². The zero-order valence-electron chi connectivity index (χ0n) is 15.4. The van der Waals surface area contributed by atoms with E-state index < -0.39 is 30.2 Å². The smallest absolute Gasteiger partial charge is 0.276 e. The van der Waals surface area contributed by atoms with E-state index in [4.69, 9.17) is 19.9 Å². The van der Waals surface area contributed by atoms with Gasteiger partial charge in [0.2, 0.25) is 5.95 Å². The van der Waals surface area contributed by atoms with Gasteiger partial charge in [-0.3, -0.25) is 9.78 Å². The van der Waals surface area contributed by atoms with Gasteiger partial charge < -0.3 is 25.1 Å². The highest BCUT2D eigenvalue weighted by molar-refractivity contribution is 5.48. The molecule has 1 aromatic carbocycles. The summed E-state index contributed by atoms with van der Waals surface area (Å²) in [5.41, 5.74) is 5.83. The van der Waals surface area contributed by atoms with Gasteiger partial charge >= 0.3 is 0 Å². The third kappa shape index (κ3) is 2.68. The highest BCUT2D eigenvalue weighted by Crippen LogP contribution is 2.53. The third-order valence-electron chi connectivity index (χ3n) is 5.52. The van der Waals surface area contributed by atoms with Crippen LogP contribution in [0.3, 0.4) is 0 Å². The maximum atomic E-state index is 13.3. The fourth-order valence-corrected chi connectivity index (χ4v) is 4.15. The van der Waals surface area contributed by atoms with Crippen molar-refractivity contribution < 1.29 is 23.7 Å². The quantitative estimate of drug-likeness (QED) is 0.598. The Morgan fingerprint density at radius 2 is 2.03 bits per heavy atom. The Bertz CT molecular complexity index is 1130. The second-order valence-corrected chi connectivity index (χ2v) is 7.37. The molecule has 4 N–H and O–H groups in total. The number of hydrogen-bond donors (Lipinski definition) is 3. The van der Waals surface area contributed by atoms with Gasteiger partial charge in [0.05, 0.1) is 12.3 Å². The lowest BCUT2D eigenvalue weighted by atomic mass is 9.91. The maximum Gasteiger partial charge on any atom is 0.276 e. The molecule has 2 saturated heterocycles. The largest absolute Gasteiger partial charge is 0.394 e. The Balaban J connectivity index is 1.57. The average molecular weight is 402 g/mol. The number of benzene rings is 1. The van der Waals surface area contributed by atoms with Crippen molar-refractivity contribution in [3.8, 4) is 0 Å². The van der Waals surface area contributed by atoms with Crippen molar-refractivity contribution in [3.05, 3.63) is 63.8 Å². The fraction of sp³-hybridized carbons (Fsp3) is 0.368. The van der Waals surface area contributed by atoms with E-state index in [9.17, 15) is 14.3 Å². The van der Waals surface area contributed by atoms with Crippen LogP contribution in [0.4, 0.5) is 10.3 Å². The molecule has 0 amide bonds. The number of aliphatic hydroxyl groups is 1. The molecule has 2 aromatic heterocycles. The lowest BCUT2D eigenvalue weighted by Gasteiger charge is -2.27. The number of nitrogens with two attached hydrogens (primary N) is 1. The van der Waals surface area contributed by atoms with Gasteiger partial charge in [0.25, 0.3) is 5.56 Å². The number of hydrogen-bond acceptors (Lipinski definition) is 7. The Labute approximate surface area is 163 Å². The van der Waals surface area contributed by atoms with E-state index in [2.05, 4.69) is 10.1 Å². The normalized spacial score (nSPS) is 31.4. The summed E-state index contributed by atoms with van der Waals surface area (Å²) in [6.45, 7) is 1.53. The van der Waals surface area contributed by atoms with Crippen molar-refractivity contribution >= 4 is 11.5 Å². The molecule has 9 nitrogen and oxygen atoms in total. The van der Waals surface area contributed by atoms with Crippen LogP contribution in [0.1, 0.15) is 30.6 Å². The Morgan fingerprint density at radius 3 is 2.76 bits per heavy atom. The number of anilines is 1. The SMILES string of the molecule is C[C@@]12OC(c3ccc(F)cc3)O[C@@H]1[C@@H](CO)O[C@H]2c1ccc2c(=O)[nH]c(N)nn12. The lowest BCUT2D eigenvalue weighted by molar-refractivity contribution is -0.158. The molecule has 2 fully saturated rings. The number of ether oxygens (including phenoxy) is 3. The van der Waals surface area contributed by atoms with Gasteiger partial charge in [-0.25, -0.2) is 8.91 Å². The topological polar surface area (TPSA) is 124 Å². The molecule has 29 heavy (non-hydrogen) atoms. The highest BCUT2D eigenvalue weighted by atomic mass is 19.1. The molecule has 0 radical (unpaired) electrons. The fourth-order valence-electron chi connectivity index (χ4n) is 4.15. The first-order valence-electron chi connectivity index (χ1n) is 9.13. The van der Waals surface area contributed by atoms with Crippen LogP contribution in [0.2, 0.25) is 0 Å². The predicted molar refractivity (Wildman–Crippen MR) is 98.4 cm³/mol. The molecule has 10 heteroatoms. The van der Waals surface area contributed by atoms with Gasteiger partial charge in [-0.1, -0.05) is 12.1 Å². The van der Waals surface area contributed by atoms with Gasteiger partial charge in [0.15, 0.2) is 6.29 Å². The minimum Gasteiger partial charge on any atom is -0.394 e. The second-order valence-electron chi connectivity index (χ2n) is 7.37. The van der Waals surface area contributed by atoms with E-state index in [1.54, 1.807) is 24.3 Å². The first-order chi connectivity index (χ1) is 13.9. The molecule has 5 rings (SSSR count). The van der Waals surface area contributed by atoms with E-state index >= 15 is 0 Å². The zero-order chi connectivity index (χ0) is 20.3. The molecular formula is C19H19FN4O5. The van der Waals surface area contributed by atoms with Crippen molar-refractivity contribution in [1.29, 1.82) is 0 Å². The molecular weight excluding hydrogens is 383 g/mol. The summed E-state index contributed by atoms with van der Waals surface area (Å²) in [6.07, 6.45) is -2.68. The van der Waals surface area contributed by atoms with Crippen molar-refractivity contribution in [2.24, 2.45) is 0 Å². The summed E-state index contributed by atoms with van der Waals surface area (Å²) in [5.74, 6) is -0.396. The zero-order valence-corrected chi connectivity index (χ0v) is 15.4. The molecule has 1 unspecified atom stereocenters. The van der Waals surface area contributed by atoms with Crippen LogP contribution < -0.4 is 11.3 Å². The molecule has 3 aromatic rings. The van der Waals surface area contributed by atoms with Crippen LogP contribution in [-0.4, -0.2) is 44.1 Å². The van der Waals surface area contributed by atoms with Crippen molar-refractivity contribution in [2.45, 2.75) is 37.1 Å². The number of halogens is 1. The first-order valence-corrected chi connectivity index (χ1v) is 9.13. The first kappa shape index (κ1) is 18.3.